The van der Waals surface area contributed by atoms with Crippen molar-refractivity contribution < 1.29 is 9.59 Å². The number of hydrogen-bond donors (Lipinski definition) is 3. The lowest BCUT2D eigenvalue weighted by Crippen LogP contribution is -2.48. The number of hydrogen-bond acceptors (Lipinski definition) is 2. The fourth-order valence-electron chi connectivity index (χ4n) is 9.16. The summed E-state index contributed by atoms with van der Waals surface area (Å²) >= 11 is 0. The maximum absolute atomic E-state index is 12.4. The molecule has 2 amide bonds. The third-order valence-electron chi connectivity index (χ3n) is 11.9. The molecule has 6 aliphatic rings. The number of aliphatic imine (C=N–C) groups is 1. The van der Waals surface area contributed by atoms with Gasteiger partial charge in [0.15, 0.2) is 0 Å². The van der Waals surface area contributed by atoms with Gasteiger partial charge in [-0.25, -0.2) is 4.99 Å². The van der Waals surface area contributed by atoms with Gasteiger partial charge in [-0.1, -0.05) is 0 Å². The largest absolute Gasteiger partial charge is 0.355 e. The molecule has 0 spiro atoms. The summed E-state index contributed by atoms with van der Waals surface area (Å²) in [6, 6.07) is 0. The van der Waals surface area contributed by atoms with Crippen molar-refractivity contribution in [2.24, 2.45) is 28.2 Å². The van der Waals surface area contributed by atoms with Crippen LogP contribution in [0.3, 0.4) is 0 Å². The number of nitrogens with zero attached hydrogens (tertiary/aromatic N) is 1. The van der Waals surface area contributed by atoms with E-state index in [1.807, 2.05) is 27.7 Å². The summed E-state index contributed by atoms with van der Waals surface area (Å²) in [5, 5.41) is 5.32. The predicted molar refractivity (Wildman–Crippen MR) is 173 cm³/mol. The van der Waals surface area contributed by atoms with Gasteiger partial charge in [0.1, 0.15) is 0 Å². The van der Waals surface area contributed by atoms with Gasteiger partial charge in [0, 0.05) is 49.9 Å². The van der Waals surface area contributed by atoms with Crippen LogP contribution in [0.5, 0.6) is 0 Å². The summed E-state index contributed by atoms with van der Waals surface area (Å²) in [7, 11) is 0. The lowest BCUT2D eigenvalue weighted by molar-refractivity contribution is -0.116. The Morgan fingerprint density at radius 1 is 0.721 bits per heavy atom. The van der Waals surface area contributed by atoms with Crippen LogP contribution in [0.1, 0.15) is 99.9 Å². The van der Waals surface area contributed by atoms with Gasteiger partial charge in [-0.3, -0.25) is 9.59 Å². The molecule has 0 unspecified atom stereocenters. The summed E-state index contributed by atoms with van der Waals surface area (Å²) in [6.07, 6.45) is 12.1. The van der Waals surface area contributed by atoms with Crippen LogP contribution in [0.2, 0.25) is 0 Å². The first-order chi connectivity index (χ1) is 20.4. The van der Waals surface area contributed by atoms with E-state index in [1.54, 1.807) is 0 Å². The minimum atomic E-state index is -0.136. The van der Waals surface area contributed by atoms with E-state index >= 15 is 0 Å². The molecule has 2 aromatic heterocycles. The third kappa shape index (κ3) is 4.23. The highest BCUT2D eigenvalue weighted by molar-refractivity contribution is 6.30. The van der Waals surface area contributed by atoms with E-state index in [-0.39, 0.29) is 17.2 Å². The number of amides is 2. The van der Waals surface area contributed by atoms with Gasteiger partial charge in [0.2, 0.25) is 0 Å². The Kier molecular flexibility index (Phi) is 6.32. The molecule has 0 radical (unpaired) electrons. The summed E-state index contributed by atoms with van der Waals surface area (Å²) in [6.45, 7) is 16.6. The molecular weight excluding hydrogens is 532 g/mol. The number of rotatable bonds is 4. The smallest absolute Gasteiger partial charge is 0.273 e. The van der Waals surface area contributed by atoms with Gasteiger partial charge in [0.25, 0.3) is 11.8 Å². The van der Waals surface area contributed by atoms with Crippen molar-refractivity contribution in [3.05, 3.63) is 72.3 Å². The SMILES string of the molecule is CC1=C(C)C(/C=c2\[nH]/c(=C(/c3[nH]c(/C=C4\NC(=O)C(C)=C4C)c(C)c3C)C34CC5CC(CC(C5)C3)C4)c(C)c2C)=NC1=O. The maximum Gasteiger partial charge on any atom is 0.273 e. The Hall–Kier alpha value is -3.67. The molecule has 6 heteroatoms. The molecule has 3 N–H and O–H groups in total. The molecule has 2 aliphatic heterocycles. The van der Waals surface area contributed by atoms with Crippen molar-refractivity contribution in [3.8, 4) is 0 Å². The number of aromatic nitrogens is 2. The number of allylic oxidation sites excluding steroid dienone is 2. The van der Waals surface area contributed by atoms with Crippen molar-refractivity contribution in [1.82, 2.24) is 15.3 Å². The zero-order valence-corrected chi connectivity index (χ0v) is 26.9. The maximum atomic E-state index is 12.4. The van der Waals surface area contributed by atoms with Crippen LogP contribution in [-0.2, 0) is 9.59 Å². The Balaban J connectivity index is 1.47. The third-order valence-corrected chi connectivity index (χ3v) is 11.9. The van der Waals surface area contributed by atoms with E-state index in [0.29, 0.717) is 0 Å². The molecule has 4 saturated carbocycles. The standard InChI is InChI=1S/C37H44N4O2/c1-17-21(5)33(38-28(17)12-30-19(3)23(7)35(42)40-30)32(37-14-25-9-26(15-37)11-27(10-25)16-37)34-22(6)18(2)29(39-34)13-31-20(4)24(8)36(43)41-31/h12-13,25-27,38-39H,9-11,14-16H2,1-8H3,(H,40,42)/b29-13-,30-12-,34-32-. The van der Waals surface area contributed by atoms with Gasteiger partial charge in [0.05, 0.1) is 5.71 Å². The molecule has 0 saturated heterocycles. The van der Waals surface area contributed by atoms with E-state index in [0.717, 1.165) is 62.5 Å². The van der Waals surface area contributed by atoms with Crippen molar-refractivity contribution in [1.29, 1.82) is 0 Å². The van der Waals surface area contributed by atoms with Crippen molar-refractivity contribution >= 4 is 35.3 Å². The molecule has 4 bridgehead atoms. The van der Waals surface area contributed by atoms with Crippen LogP contribution in [0.25, 0.3) is 17.7 Å². The van der Waals surface area contributed by atoms with Gasteiger partial charge < -0.3 is 15.3 Å². The first-order valence-electron chi connectivity index (χ1n) is 16.0. The van der Waals surface area contributed by atoms with Gasteiger partial charge >= 0.3 is 0 Å². The van der Waals surface area contributed by atoms with E-state index in [2.05, 4.69) is 60.1 Å². The van der Waals surface area contributed by atoms with Crippen LogP contribution in [-0.4, -0.2) is 27.5 Å². The van der Waals surface area contributed by atoms with Crippen LogP contribution in [0.15, 0.2) is 33.0 Å². The molecule has 0 aromatic carbocycles. The molecular formula is C37H44N4O2. The Morgan fingerprint density at radius 2 is 1.35 bits per heavy atom. The molecule has 6 nitrogen and oxygen atoms in total. The first kappa shape index (κ1) is 28.1. The average molecular weight is 577 g/mol. The zero-order valence-electron chi connectivity index (χ0n) is 26.9. The summed E-state index contributed by atoms with van der Waals surface area (Å²) in [5.74, 6) is 2.27. The molecule has 224 valence electrons. The summed E-state index contributed by atoms with van der Waals surface area (Å²) in [4.78, 5) is 36.9. The average Bonchev–Trinajstić information content (AvgIpc) is 3.56. The van der Waals surface area contributed by atoms with Crippen LogP contribution in [0.4, 0.5) is 0 Å². The lowest BCUT2D eigenvalue weighted by Gasteiger charge is -2.57. The highest BCUT2D eigenvalue weighted by Gasteiger charge is 2.53. The first-order valence-corrected chi connectivity index (χ1v) is 16.0. The number of nitrogens with one attached hydrogen (secondary N) is 3. The quantitative estimate of drug-likeness (QED) is 0.423. The second-order valence-electron chi connectivity index (χ2n) is 14.4. The van der Waals surface area contributed by atoms with E-state index in [4.69, 9.17) is 0 Å². The van der Waals surface area contributed by atoms with Crippen LogP contribution < -0.4 is 16.0 Å². The molecule has 4 heterocycles. The molecule has 8 rings (SSSR count). The molecule has 2 aromatic rings. The molecule has 4 fully saturated rings. The summed E-state index contributed by atoms with van der Waals surface area (Å²) < 4.78 is 0. The van der Waals surface area contributed by atoms with Gasteiger partial charge in [-0.15, -0.1) is 0 Å². The monoisotopic (exact) mass is 576 g/mol. The van der Waals surface area contributed by atoms with E-state index in [9.17, 15) is 9.59 Å². The highest BCUT2D eigenvalue weighted by Crippen LogP contribution is 2.64. The number of H-pyrrole nitrogens is 2. The predicted octanol–water partition coefficient (Wildman–Crippen LogP) is 5.90. The number of aromatic amines is 2. The normalized spacial score (nSPS) is 30.4. The van der Waals surface area contributed by atoms with Crippen molar-refractivity contribution in [3.63, 3.8) is 0 Å². The molecule has 4 aliphatic carbocycles. The Morgan fingerprint density at radius 3 is 1.88 bits per heavy atom. The highest BCUT2D eigenvalue weighted by atomic mass is 16.2. The minimum Gasteiger partial charge on any atom is -0.355 e. The molecule has 43 heavy (non-hydrogen) atoms. The minimum absolute atomic E-state index is 0.0131. The zero-order chi connectivity index (χ0) is 30.5. The fraction of sp³-hybridized carbons (Fsp3) is 0.486. The van der Waals surface area contributed by atoms with Gasteiger partial charge in [-0.05, 0) is 157 Å². The second kappa shape index (κ2) is 9.67. The number of carbonyl (C=O) groups excluding carboxylic acids is 2. The van der Waals surface area contributed by atoms with Crippen molar-refractivity contribution in [2.75, 3.05) is 0 Å². The van der Waals surface area contributed by atoms with Gasteiger partial charge in [-0.2, -0.15) is 0 Å². The fourth-order valence-corrected chi connectivity index (χ4v) is 9.16. The van der Waals surface area contributed by atoms with Crippen LogP contribution in [0, 0.1) is 50.9 Å². The Bertz CT molecular complexity index is 1850. The van der Waals surface area contributed by atoms with Crippen molar-refractivity contribution in [2.45, 2.75) is 93.9 Å². The van der Waals surface area contributed by atoms with E-state index < -0.39 is 0 Å². The molecule has 0 atom stereocenters. The topological polar surface area (TPSA) is 90.1 Å². The lowest BCUT2D eigenvalue weighted by atomic mass is 9.47. The Labute approximate surface area is 254 Å². The van der Waals surface area contributed by atoms with Crippen LogP contribution >= 0.6 is 0 Å². The summed E-state index contributed by atoms with van der Waals surface area (Å²) in [5.41, 5.74) is 13.9. The second-order valence-corrected chi connectivity index (χ2v) is 14.4. The number of carbonyl (C=O) groups is 2. The van der Waals surface area contributed by atoms with E-state index in [1.165, 1.54) is 77.4 Å².